The largest absolute Gasteiger partial charge is 0.374 e. The van der Waals surface area contributed by atoms with Crippen LogP contribution in [0, 0.1) is 0 Å². The second kappa shape index (κ2) is 5.99. The standard InChI is InChI=1S/C17H28N2OS/c1-17(2,3)15-8-7-14(21-15)16-13(11-18-4)20-10-9-19(16)12-5-6-12/h7-8,12-13,16,18H,5-6,9-11H2,1-4H3. The third kappa shape index (κ3) is 3.34. The highest BCUT2D eigenvalue weighted by Crippen LogP contribution is 2.42. The Balaban J connectivity index is 1.87. The molecule has 118 valence electrons. The number of thiophene rings is 1. The van der Waals surface area contributed by atoms with E-state index >= 15 is 0 Å². The Morgan fingerprint density at radius 3 is 2.67 bits per heavy atom. The average molecular weight is 308 g/mol. The maximum Gasteiger partial charge on any atom is 0.0904 e. The first kappa shape index (κ1) is 15.5. The first-order chi connectivity index (χ1) is 10.0. The Labute approximate surface area is 132 Å². The van der Waals surface area contributed by atoms with Crippen molar-refractivity contribution in [2.75, 3.05) is 26.7 Å². The third-order valence-corrected chi connectivity index (χ3v) is 6.05. The molecule has 3 nitrogen and oxygen atoms in total. The Kier molecular flexibility index (Phi) is 4.42. The maximum absolute atomic E-state index is 6.09. The summed E-state index contributed by atoms with van der Waals surface area (Å²) in [7, 11) is 2.02. The molecule has 2 aliphatic rings. The summed E-state index contributed by atoms with van der Waals surface area (Å²) in [5.74, 6) is 0. The lowest BCUT2D eigenvalue weighted by Crippen LogP contribution is -2.49. The van der Waals surface area contributed by atoms with Crippen LogP contribution in [-0.2, 0) is 10.2 Å². The fourth-order valence-electron chi connectivity index (χ4n) is 3.20. The van der Waals surface area contributed by atoms with Crippen molar-refractivity contribution >= 4 is 11.3 Å². The van der Waals surface area contributed by atoms with Crippen molar-refractivity contribution in [3.05, 3.63) is 21.9 Å². The molecule has 1 aromatic rings. The number of rotatable bonds is 4. The predicted molar refractivity (Wildman–Crippen MR) is 89.2 cm³/mol. The van der Waals surface area contributed by atoms with Gasteiger partial charge in [0.15, 0.2) is 0 Å². The van der Waals surface area contributed by atoms with Gasteiger partial charge in [-0.05, 0) is 37.4 Å². The molecular formula is C17H28N2OS. The van der Waals surface area contributed by atoms with Crippen LogP contribution < -0.4 is 5.32 Å². The van der Waals surface area contributed by atoms with Gasteiger partial charge in [-0.25, -0.2) is 0 Å². The number of hydrogen-bond donors (Lipinski definition) is 1. The van der Waals surface area contributed by atoms with Gasteiger partial charge in [-0.1, -0.05) is 20.8 Å². The molecule has 4 heteroatoms. The Hall–Kier alpha value is -0.420. The van der Waals surface area contributed by atoms with Gasteiger partial charge in [0.25, 0.3) is 0 Å². The molecule has 0 spiro atoms. The van der Waals surface area contributed by atoms with Gasteiger partial charge < -0.3 is 10.1 Å². The molecule has 0 aromatic carbocycles. The molecule has 2 atom stereocenters. The van der Waals surface area contributed by atoms with Crippen molar-refractivity contribution in [2.24, 2.45) is 0 Å². The molecule has 0 bridgehead atoms. The molecule has 21 heavy (non-hydrogen) atoms. The number of likely N-dealkylation sites (N-methyl/N-ethyl adjacent to an activating group) is 1. The second-order valence-electron chi connectivity index (χ2n) is 7.33. The molecule has 0 radical (unpaired) electrons. The maximum atomic E-state index is 6.09. The fourth-order valence-corrected chi connectivity index (χ4v) is 4.44. The quantitative estimate of drug-likeness (QED) is 0.924. The molecule has 2 heterocycles. The Morgan fingerprint density at radius 1 is 1.33 bits per heavy atom. The first-order valence-electron chi connectivity index (χ1n) is 8.13. The molecular weight excluding hydrogens is 280 g/mol. The number of nitrogens with zero attached hydrogens (tertiary/aromatic N) is 1. The van der Waals surface area contributed by atoms with Gasteiger partial charge in [0, 0.05) is 28.9 Å². The molecule has 0 amide bonds. The van der Waals surface area contributed by atoms with Crippen molar-refractivity contribution < 1.29 is 4.74 Å². The van der Waals surface area contributed by atoms with Crippen LogP contribution in [0.25, 0.3) is 0 Å². The number of hydrogen-bond acceptors (Lipinski definition) is 4. The van der Waals surface area contributed by atoms with Gasteiger partial charge in [0.05, 0.1) is 18.8 Å². The van der Waals surface area contributed by atoms with Gasteiger partial charge in [-0.2, -0.15) is 0 Å². The van der Waals surface area contributed by atoms with Crippen molar-refractivity contribution in [1.82, 2.24) is 10.2 Å². The van der Waals surface area contributed by atoms with E-state index in [1.165, 1.54) is 22.6 Å². The predicted octanol–water partition coefficient (Wildman–Crippen LogP) is 3.17. The van der Waals surface area contributed by atoms with Crippen LogP contribution in [0.1, 0.15) is 49.4 Å². The zero-order valence-corrected chi connectivity index (χ0v) is 14.5. The van der Waals surface area contributed by atoms with Crippen LogP contribution in [0.3, 0.4) is 0 Å². The van der Waals surface area contributed by atoms with Crippen LogP contribution >= 0.6 is 11.3 Å². The monoisotopic (exact) mass is 308 g/mol. The number of nitrogens with one attached hydrogen (secondary N) is 1. The summed E-state index contributed by atoms with van der Waals surface area (Å²) in [6, 6.07) is 5.87. The Morgan fingerprint density at radius 2 is 2.10 bits per heavy atom. The lowest BCUT2D eigenvalue weighted by atomic mass is 9.95. The first-order valence-corrected chi connectivity index (χ1v) is 8.94. The third-order valence-electron chi connectivity index (χ3n) is 4.47. The summed E-state index contributed by atoms with van der Waals surface area (Å²) in [6.07, 6.45) is 3.00. The van der Waals surface area contributed by atoms with Crippen LogP contribution in [0.15, 0.2) is 12.1 Å². The molecule has 3 rings (SSSR count). The van der Waals surface area contributed by atoms with E-state index in [0.29, 0.717) is 6.04 Å². The molecule has 1 aliphatic heterocycles. The highest BCUT2D eigenvalue weighted by molar-refractivity contribution is 7.12. The smallest absolute Gasteiger partial charge is 0.0904 e. The lowest BCUT2D eigenvalue weighted by Gasteiger charge is -2.41. The zero-order chi connectivity index (χ0) is 15.0. The minimum Gasteiger partial charge on any atom is -0.374 e. The van der Waals surface area contributed by atoms with Crippen LogP contribution in [0.4, 0.5) is 0 Å². The van der Waals surface area contributed by atoms with E-state index in [4.69, 9.17) is 4.74 Å². The van der Waals surface area contributed by atoms with E-state index in [2.05, 4.69) is 43.1 Å². The molecule has 1 N–H and O–H groups in total. The average Bonchev–Trinajstić information content (AvgIpc) is 3.15. The minimum atomic E-state index is 0.237. The summed E-state index contributed by atoms with van der Waals surface area (Å²) in [4.78, 5) is 5.65. The van der Waals surface area contributed by atoms with Crippen molar-refractivity contribution in [2.45, 2.75) is 57.2 Å². The SMILES string of the molecule is CNCC1OCCN(C2CC2)C1c1ccc(C(C)(C)C)s1. The van der Waals surface area contributed by atoms with Gasteiger partial charge in [-0.15, -0.1) is 11.3 Å². The second-order valence-corrected chi connectivity index (χ2v) is 8.45. The van der Waals surface area contributed by atoms with Gasteiger partial charge >= 0.3 is 0 Å². The van der Waals surface area contributed by atoms with E-state index in [1.54, 1.807) is 0 Å². The summed E-state index contributed by atoms with van der Waals surface area (Å²) in [5, 5.41) is 3.31. The molecule has 1 saturated carbocycles. The van der Waals surface area contributed by atoms with Gasteiger partial charge in [-0.3, -0.25) is 4.90 Å². The van der Waals surface area contributed by atoms with Crippen molar-refractivity contribution in [3.63, 3.8) is 0 Å². The van der Waals surface area contributed by atoms with Crippen molar-refractivity contribution in [1.29, 1.82) is 0 Å². The number of ether oxygens (including phenoxy) is 1. The topological polar surface area (TPSA) is 24.5 Å². The van der Waals surface area contributed by atoms with E-state index in [-0.39, 0.29) is 11.5 Å². The van der Waals surface area contributed by atoms with Gasteiger partial charge in [0.2, 0.25) is 0 Å². The molecule has 1 saturated heterocycles. The normalized spacial score (nSPS) is 28.0. The van der Waals surface area contributed by atoms with E-state index < -0.39 is 0 Å². The highest BCUT2D eigenvalue weighted by atomic mass is 32.1. The van der Waals surface area contributed by atoms with E-state index in [1.807, 2.05) is 18.4 Å². The molecule has 1 aliphatic carbocycles. The van der Waals surface area contributed by atoms with E-state index in [9.17, 15) is 0 Å². The summed E-state index contributed by atoms with van der Waals surface area (Å²) in [6.45, 7) is 9.77. The number of morpholine rings is 1. The molecule has 1 aromatic heterocycles. The molecule has 2 fully saturated rings. The fraction of sp³-hybridized carbons (Fsp3) is 0.765. The zero-order valence-electron chi connectivity index (χ0n) is 13.7. The van der Waals surface area contributed by atoms with E-state index in [0.717, 1.165) is 25.7 Å². The molecule has 2 unspecified atom stereocenters. The Bertz CT molecular complexity index is 473. The van der Waals surface area contributed by atoms with Gasteiger partial charge in [0.1, 0.15) is 0 Å². The highest BCUT2D eigenvalue weighted by Gasteiger charge is 2.41. The van der Waals surface area contributed by atoms with Crippen LogP contribution in [0.2, 0.25) is 0 Å². The summed E-state index contributed by atoms with van der Waals surface area (Å²) in [5.41, 5.74) is 0.237. The summed E-state index contributed by atoms with van der Waals surface area (Å²) >= 11 is 1.98. The van der Waals surface area contributed by atoms with Crippen LogP contribution in [0.5, 0.6) is 0 Å². The van der Waals surface area contributed by atoms with Crippen LogP contribution in [-0.4, -0.2) is 43.8 Å². The van der Waals surface area contributed by atoms with Crippen molar-refractivity contribution in [3.8, 4) is 0 Å². The minimum absolute atomic E-state index is 0.237. The summed E-state index contributed by atoms with van der Waals surface area (Å²) < 4.78 is 6.09. The lowest BCUT2D eigenvalue weighted by molar-refractivity contribution is -0.0728.